The second-order valence-electron chi connectivity index (χ2n) is 4.56. The van der Waals surface area contributed by atoms with Crippen LogP contribution in [-0.2, 0) is 0 Å². The smallest absolute Gasteiger partial charge is 0.00745 e. The summed E-state index contributed by atoms with van der Waals surface area (Å²) >= 11 is 0. The lowest BCUT2D eigenvalue weighted by Crippen LogP contribution is -2.24. The molecular weight excluding hydrogens is 160 g/mol. The van der Waals surface area contributed by atoms with E-state index < -0.39 is 0 Å². The fourth-order valence-corrected chi connectivity index (χ4v) is 1.72. The van der Waals surface area contributed by atoms with Gasteiger partial charge in [-0.05, 0) is 31.2 Å². The fourth-order valence-electron chi connectivity index (χ4n) is 1.72. The Balaban J connectivity index is 3.29. The van der Waals surface area contributed by atoms with E-state index in [1.54, 1.807) is 0 Å². The summed E-state index contributed by atoms with van der Waals surface area (Å²) in [5, 5.41) is 3.32. The summed E-state index contributed by atoms with van der Waals surface area (Å²) in [4.78, 5) is 0. The summed E-state index contributed by atoms with van der Waals surface area (Å²) in [6, 6.07) is 0. The summed E-state index contributed by atoms with van der Waals surface area (Å²) in [6.07, 6.45) is 5.22. The van der Waals surface area contributed by atoms with E-state index in [2.05, 4.69) is 26.1 Å². The maximum atomic E-state index is 5.38. The molecule has 13 heavy (non-hydrogen) atoms. The van der Waals surface area contributed by atoms with Gasteiger partial charge in [-0.3, -0.25) is 0 Å². The summed E-state index contributed by atoms with van der Waals surface area (Å²) in [5.41, 5.74) is 5.91. The molecule has 0 fully saturated rings. The average molecular weight is 186 g/mol. The average Bonchev–Trinajstić information content (AvgIpc) is 2.04. The zero-order valence-corrected chi connectivity index (χ0v) is 9.53. The lowest BCUT2D eigenvalue weighted by molar-refractivity contribution is 0.294. The van der Waals surface area contributed by atoms with Crippen LogP contribution in [0.5, 0.6) is 0 Å². The molecule has 0 unspecified atom stereocenters. The fraction of sp³-hybridized carbons (Fsp3) is 1.00. The van der Waals surface area contributed by atoms with Gasteiger partial charge in [0, 0.05) is 13.1 Å². The molecule has 0 amide bonds. The largest absolute Gasteiger partial charge is 0.329 e. The predicted octanol–water partition coefficient (Wildman–Crippen LogP) is 2.14. The van der Waals surface area contributed by atoms with Crippen LogP contribution >= 0.6 is 0 Å². The van der Waals surface area contributed by atoms with Gasteiger partial charge >= 0.3 is 0 Å². The summed E-state index contributed by atoms with van der Waals surface area (Å²) in [6.45, 7) is 9.80. The summed E-state index contributed by atoms with van der Waals surface area (Å²) in [5.74, 6) is 0. The van der Waals surface area contributed by atoms with Crippen LogP contribution in [-0.4, -0.2) is 19.6 Å². The molecular formula is C11H26N2. The molecule has 2 nitrogen and oxygen atoms in total. The van der Waals surface area contributed by atoms with Crippen LogP contribution < -0.4 is 11.1 Å². The molecule has 0 aromatic heterocycles. The molecule has 0 aromatic rings. The minimum absolute atomic E-state index is 0.527. The van der Waals surface area contributed by atoms with Crippen molar-refractivity contribution in [3.63, 3.8) is 0 Å². The molecule has 0 aliphatic rings. The van der Waals surface area contributed by atoms with Crippen LogP contribution in [0.15, 0.2) is 0 Å². The maximum Gasteiger partial charge on any atom is 0.00745 e. The van der Waals surface area contributed by atoms with E-state index in [0.717, 1.165) is 19.6 Å². The lowest BCUT2D eigenvalue weighted by Gasteiger charge is -2.23. The van der Waals surface area contributed by atoms with Crippen molar-refractivity contribution in [2.75, 3.05) is 19.6 Å². The summed E-state index contributed by atoms with van der Waals surface area (Å²) in [7, 11) is 0. The molecule has 0 atom stereocenters. The first-order chi connectivity index (χ1) is 6.12. The van der Waals surface area contributed by atoms with Gasteiger partial charge in [0.05, 0.1) is 0 Å². The monoisotopic (exact) mass is 186 g/mol. The standard InChI is InChI=1S/C11H26N2/c1-4-6-11(2,3)7-5-9-13-10-8-12/h13H,4-10,12H2,1-3H3. The molecule has 0 aliphatic heterocycles. The van der Waals surface area contributed by atoms with Crippen molar-refractivity contribution >= 4 is 0 Å². The van der Waals surface area contributed by atoms with E-state index in [9.17, 15) is 0 Å². The number of rotatable bonds is 8. The highest BCUT2D eigenvalue weighted by Gasteiger charge is 2.15. The molecule has 2 heteroatoms. The van der Waals surface area contributed by atoms with Crippen LogP contribution in [0.3, 0.4) is 0 Å². The second kappa shape index (κ2) is 7.34. The van der Waals surface area contributed by atoms with Gasteiger partial charge in [-0.25, -0.2) is 0 Å². The molecule has 80 valence electrons. The third-order valence-corrected chi connectivity index (χ3v) is 2.45. The predicted molar refractivity (Wildman–Crippen MR) is 59.8 cm³/mol. The number of hydrogen-bond donors (Lipinski definition) is 2. The van der Waals surface area contributed by atoms with E-state index in [0.29, 0.717) is 5.41 Å². The van der Waals surface area contributed by atoms with Crippen LogP contribution in [0.2, 0.25) is 0 Å². The SMILES string of the molecule is CCCC(C)(C)CCCNCCN. The van der Waals surface area contributed by atoms with Crippen molar-refractivity contribution in [2.45, 2.75) is 46.5 Å². The quantitative estimate of drug-likeness (QED) is 0.570. The molecule has 0 aromatic carbocycles. The van der Waals surface area contributed by atoms with Crippen LogP contribution in [0.4, 0.5) is 0 Å². The minimum Gasteiger partial charge on any atom is -0.329 e. The van der Waals surface area contributed by atoms with E-state index in [1.165, 1.54) is 25.7 Å². The van der Waals surface area contributed by atoms with E-state index in [-0.39, 0.29) is 0 Å². The Morgan fingerprint density at radius 3 is 2.38 bits per heavy atom. The molecule has 0 aliphatic carbocycles. The van der Waals surface area contributed by atoms with Gasteiger partial charge < -0.3 is 11.1 Å². The Kier molecular flexibility index (Phi) is 7.29. The van der Waals surface area contributed by atoms with Crippen LogP contribution in [0, 0.1) is 5.41 Å². The van der Waals surface area contributed by atoms with E-state index in [4.69, 9.17) is 5.73 Å². The maximum absolute atomic E-state index is 5.38. The van der Waals surface area contributed by atoms with Crippen molar-refractivity contribution in [3.8, 4) is 0 Å². The van der Waals surface area contributed by atoms with Gasteiger partial charge in [0.25, 0.3) is 0 Å². The molecule has 0 radical (unpaired) electrons. The Bertz CT molecular complexity index is 111. The molecule has 3 N–H and O–H groups in total. The normalized spacial score (nSPS) is 12.0. The molecule has 0 saturated heterocycles. The third kappa shape index (κ3) is 8.26. The Hall–Kier alpha value is -0.0800. The highest BCUT2D eigenvalue weighted by molar-refractivity contribution is 4.68. The minimum atomic E-state index is 0.527. The number of nitrogens with one attached hydrogen (secondary N) is 1. The first-order valence-corrected chi connectivity index (χ1v) is 5.53. The van der Waals surface area contributed by atoms with Crippen LogP contribution in [0.1, 0.15) is 46.5 Å². The zero-order valence-electron chi connectivity index (χ0n) is 9.53. The van der Waals surface area contributed by atoms with Crippen molar-refractivity contribution < 1.29 is 0 Å². The van der Waals surface area contributed by atoms with Crippen molar-refractivity contribution in [2.24, 2.45) is 11.1 Å². The Morgan fingerprint density at radius 1 is 1.15 bits per heavy atom. The first kappa shape index (κ1) is 12.9. The first-order valence-electron chi connectivity index (χ1n) is 5.53. The van der Waals surface area contributed by atoms with Gasteiger partial charge in [0.15, 0.2) is 0 Å². The number of hydrogen-bond acceptors (Lipinski definition) is 2. The van der Waals surface area contributed by atoms with Crippen LogP contribution in [0.25, 0.3) is 0 Å². The van der Waals surface area contributed by atoms with Crippen molar-refractivity contribution in [1.29, 1.82) is 0 Å². The lowest BCUT2D eigenvalue weighted by atomic mass is 9.83. The van der Waals surface area contributed by atoms with Crippen molar-refractivity contribution in [1.82, 2.24) is 5.32 Å². The highest BCUT2D eigenvalue weighted by Crippen LogP contribution is 2.27. The Labute approximate surface area is 83.3 Å². The molecule has 0 rings (SSSR count). The van der Waals surface area contributed by atoms with E-state index >= 15 is 0 Å². The van der Waals surface area contributed by atoms with Gasteiger partial charge in [0.1, 0.15) is 0 Å². The van der Waals surface area contributed by atoms with E-state index in [1.807, 2.05) is 0 Å². The topological polar surface area (TPSA) is 38.0 Å². The molecule has 0 bridgehead atoms. The molecule has 0 heterocycles. The van der Waals surface area contributed by atoms with Gasteiger partial charge in [-0.2, -0.15) is 0 Å². The number of nitrogens with two attached hydrogens (primary N) is 1. The van der Waals surface area contributed by atoms with Gasteiger partial charge in [-0.15, -0.1) is 0 Å². The summed E-state index contributed by atoms with van der Waals surface area (Å²) < 4.78 is 0. The zero-order chi connectivity index (χ0) is 10.2. The Morgan fingerprint density at radius 2 is 1.85 bits per heavy atom. The third-order valence-electron chi connectivity index (χ3n) is 2.45. The van der Waals surface area contributed by atoms with Gasteiger partial charge in [-0.1, -0.05) is 27.2 Å². The molecule has 0 spiro atoms. The van der Waals surface area contributed by atoms with Gasteiger partial charge in [0.2, 0.25) is 0 Å². The second-order valence-corrected chi connectivity index (χ2v) is 4.56. The molecule has 0 saturated carbocycles. The van der Waals surface area contributed by atoms with Crippen molar-refractivity contribution in [3.05, 3.63) is 0 Å². The highest BCUT2D eigenvalue weighted by atomic mass is 14.9.